The van der Waals surface area contributed by atoms with Crippen LogP contribution in [-0.2, 0) is 0 Å². The first-order valence-corrected chi connectivity index (χ1v) is 8.69. The molecular weight excluding hydrogens is 332 g/mol. The molecule has 2 aromatic rings. The number of phenols is 1. The van der Waals surface area contributed by atoms with Crippen LogP contribution in [-0.4, -0.2) is 29.5 Å². The molecule has 2 rings (SSSR count). The van der Waals surface area contributed by atoms with Crippen LogP contribution in [0.5, 0.6) is 5.75 Å². The molecule has 2 aromatic carbocycles. The summed E-state index contributed by atoms with van der Waals surface area (Å²) < 4.78 is 0. The van der Waals surface area contributed by atoms with Crippen molar-refractivity contribution in [3.63, 3.8) is 0 Å². The summed E-state index contributed by atoms with van der Waals surface area (Å²) in [7, 11) is 0. The zero-order chi connectivity index (χ0) is 18.2. The van der Waals surface area contributed by atoms with Crippen molar-refractivity contribution in [2.75, 3.05) is 23.3 Å². The van der Waals surface area contributed by atoms with Crippen molar-refractivity contribution in [1.82, 2.24) is 5.43 Å². The SMILES string of the molecule is CCN(CC)c1ccc(C=NNC(=S)Nc2ccc(C)cc2)c(O)c1. The summed E-state index contributed by atoms with van der Waals surface area (Å²) in [6, 6.07) is 13.5. The first kappa shape index (κ1) is 18.7. The fourth-order valence-electron chi connectivity index (χ4n) is 2.38. The molecule has 0 aliphatic heterocycles. The highest BCUT2D eigenvalue weighted by atomic mass is 32.1. The van der Waals surface area contributed by atoms with E-state index in [1.807, 2.05) is 43.3 Å². The highest BCUT2D eigenvalue weighted by molar-refractivity contribution is 7.80. The van der Waals surface area contributed by atoms with Gasteiger partial charge in [-0.1, -0.05) is 17.7 Å². The van der Waals surface area contributed by atoms with E-state index in [-0.39, 0.29) is 5.75 Å². The van der Waals surface area contributed by atoms with Gasteiger partial charge in [-0.15, -0.1) is 0 Å². The Kier molecular flexibility index (Phi) is 6.77. The molecule has 6 heteroatoms. The number of rotatable bonds is 6. The van der Waals surface area contributed by atoms with E-state index in [2.05, 4.69) is 34.6 Å². The minimum atomic E-state index is 0.187. The molecule has 0 aliphatic rings. The van der Waals surface area contributed by atoms with Gasteiger partial charge in [-0.3, -0.25) is 5.43 Å². The first-order valence-electron chi connectivity index (χ1n) is 8.28. The Morgan fingerprint density at radius 2 is 1.84 bits per heavy atom. The number of thiocarbonyl (C=S) groups is 1. The molecule has 0 unspecified atom stereocenters. The number of hydrogen-bond donors (Lipinski definition) is 3. The number of anilines is 2. The minimum Gasteiger partial charge on any atom is -0.507 e. The number of hydrazone groups is 1. The Morgan fingerprint density at radius 1 is 1.16 bits per heavy atom. The van der Waals surface area contributed by atoms with E-state index in [1.165, 1.54) is 5.56 Å². The van der Waals surface area contributed by atoms with Gasteiger partial charge in [0, 0.05) is 36.1 Å². The summed E-state index contributed by atoms with van der Waals surface area (Å²) in [5, 5.41) is 17.7. The monoisotopic (exact) mass is 356 g/mol. The third-order valence-corrected chi connectivity index (χ3v) is 4.02. The van der Waals surface area contributed by atoms with Crippen LogP contribution in [0, 0.1) is 6.92 Å². The Hall–Kier alpha value is -2.60. The Bertz CT molecular complexity index is 740. The number of aryl methyl sites for hydroxylation is 1. The lowest BCUT2D eigenvalue weighted by molar-refractivity contribution is 0.474. The highest BCUT2D eigenvalue weighted by Crippen LogP contribution is 2.23. The van der Waals surface area contributed by atoms with E-state index in [0.717, 1.165) is 24.5 Å². The predicted molar refractivity (Wildman–Crippen MR) is 110 cm³/mol. The summed E-state index contributed by atoms with van der Waals surface area (Å²) in [4.78, 5) is 2.17. The van der Waals surface area contributed by atoms with Crippen LogP contribution in [0.2, 0.25) is 0 Å². The fraction of sp³-hybridized carbons (Fsp3) is 0.263. The van der Waals surface area contributed by atoms with E-state index in [0.29, 0.717) is 10.7 Å². The summed E-state index contributed by atoms with van der Waals surface area (Å²) in [6.07, 6.45) is 1.55. The topological polar surface area (TPSA) is 59.9 Å². The molecule has 25 heavy (non-hydrogen) atoms. The smallest absolute Gasteiger partial charge is 0.191 e. The van der Waals surface area contributed by atoms with Gasteiger partial charge >= 0.3 is 0 Å². The zero-order valence-corrected chi connectivity index (χ0v) is 15.6. The molecule has 0 aliphatic carbocycles. The van der Waals surface area contributed by atoms with Crippen molar-refractivity contribution in [2.45, 2.75) is 20.8 Å². The van der Waals surface area contributed by atoms with Crippen molar-refractivity contribution in [2.24, 2.45) is 5.10 Å². The average molecular weight is 356 g/mol. The lowest BCUT2D eigenvalue weighted by atomic mass is 10.2. The summed E-state index contributed by atoms with van der Waals surface area (Å²) in [6.45, 7) is 7.99. The van der Waals surface area contributed by atoms with Crippen LogP contribution in [0.25, 0.3) is 0 Å². The van der Waals surface area contributed by atoms with Crippen LogP contribution in [0.15, 0.2) is 47.6 Å². The van der Waals surface area contributed by atoms with Crippen LogP contribution < -0.4 is 15.6 Å². The summed E-state index contributed by atoms with van der Waals surface area (Å²) in [5.74, 6) is 0.187. The van der Waals surface area contributed by atoms with Crippen LogP contribution in [0.4, 0.5) is 11.4 Å². The van der Waals surface area contributed by atoms with Gasteiger partial charge in [-0.05, 0) is 57.3 Å². The van der Waals surface area contributed by atoms with Gasteiger partial charge in [0.05, 0.1) is 6.21 Å². The Balaban J connectivity index is 1.95. The van der Waals surface area contributed by atoms with E-state index >= 15 is 0 Å². The van der Waals surface area contributed by atoms with Crippen LogP contribution >= 0.6 is 12.2 Å². The normalized spacial score (nSPS) is 10.7. The largest absolute Gasteiger partial charge is 0.507 e. The maximum atomic E-state index is 10.2. The average Bonchev–Trinajstić information content (AvgIpc) is 2.60. The quantitative estimate of drug-likeness (QED) is 0.417. The Labute approximate surface area is 154 Å². The maximum absolute atomic E-state index is 10.2. The molecule has 3 N–H and O–H groups in total. The van der Waals surface area contributed by atoms with Gasteiger partial charge in [0.2, 0.25) is 0 Å². The molecular formula is C19H24N4OS. The van der Waals surface area contributed by atoms with Crippen molar-refractivity contribution in [1.29, 1.82) is 0 Å². The van der Waals surface area contributed by atoms with Gasteiger partial charge < -0.3 is 15.3 Å². The molecule has 0 radical (unpaired) electrons. The number of nitrogens with zero attached hydrogens (tertiary/aromatic N) is 2. The van der Waals surface area contributed by atoms with Crippen molar-refractivity contribution in [3.05, 3.63) is 53.6 Å². The number of phenolic OH excluding ortho intramolecular Hbond substituents is 1. The Morgan fingerprint density at radius 3 is 2.44 bits per heavy atom. The molecule has 5 nitrogen and oxygen atoms in total. The first-order chi connectivity index (χ1) is 12.0. The predicted octanol–water partition coefficient (Wildman–Crippen LogP) is 3.87. The zero-order valence-electron chi connectivity index (χ0n) is 14.8. The molecule has 0 aromatic heterocycles. The molecule has 0 spiro atoms. The standard InChI is InChI=1S/C19H24N4OS/c1-4-23(5-2)17-11-8-15(18(24)12-17)13-20-22-19(25)21-16-9-6-14(3)7-10-16/h6-13,24H,4-5H2,1-3H3,(H2,21,22,25). The molecule has 0 atom stereocenters. The van der Waals surface area contributed by atoms with E-state index < -0.39 is 0 Å². The highest BCUT2D eigenvalue weighted by Gasteiger charge is 2.05. The molecule has 0 fully saturated rings. The maximum Gasteiger partial charge on any atom is 0.191 e. The summed E-state index contributed by atoms with van der Waals surface area (Å²) in [5.41, 5.74) is 6.45. The van der Waals surface area contributed by atoms with Gasteiger partial charge in [-0.25, -0.2) is 0 Å². The minimum absolute atomic E-state index is 0.187. The van der Waals surface area contributed by atoms with E-state index in [4.69, 9.17) is 12.2 Å². The molecule has 0 bridgehead atoms. The number of benzene rings is 2. The third kappa shape index (κ3) is 5.46. The van der Waals surface area contributed by atoms with E-state index in [9.17, 15) is 5.11 Å². The van der Waals surface area contributed by atoms with Gasteiger partial charge in [-0.2, -0.15) is 5.10 Å². The third-order valence-electron chi connectivity index (χ3n) is 3.82. The molecule has 0 amide bonds. The van der Waals surface area contributed by atoms with Crippen molar-refractivity contribution >= 4 is 34.9 Å². The van der Waals surface area contributed by atoms with Crippen LogP contribution in [0.3, 0.4) is 0 Å². The van der Waals surface area contributed by atoms with Gasteiger partial charge in [0.15, 0.2) is 5.11 Å². The second kappa shape index (κ2) is 9.03. The second-order valence-corrected chi connectivity index (χ2v) is 6.01. The number of aromatic hydroxyl groups is 1. The lowest BCUT2D eigenvalue weighted by Crippen LogP contribution is -2.23. The summed E-state index contributed by atoms with van der Waals surface area (Å²) >= 11 is 5.20. The molecule has 0 heterocycles. The van der Waals surface area contributed by atoms with Crippen molar-refractivity contribution in [3.8, 4) is 5.75 Å². The lowest BCUT2D eigenvalue weighted by Gasteiger charge is -2.21. The van der Waals surface area contributed by atoms with Gasteiger partial charge in [0.25, 0.3) is 0 Å². The number of nitrogens with one attached hydrogen (secondary N) is 2. The molecule has 0 saturated heterocycles. The molecule has 0 saturated carbocycles. The number of hydrogen-bond acceptors (Lipinski definition) is 4. The second-order valence-electron chi connectivity index (χ2n) is 5.61. The van der Waals surface area contributed by atoms with Gasteiger partial charge in [0.1, 0.15) is 5.75 Å². The van der Waals surface area contributed by atoms with Crippen LogP contribution in [0.1, 0.15) is 25.0 Å². The fourth-order valence-corrected chi connectivity index (χ4v) is 2.55. The van der Waals surface area contributed by atoms with Crippen molar-refractivity contribution < 1.29 is 5.11 Å². The molecule has 132 valence electrons. The van der Waals surface area contributed by atoms with E-state index in [1.54, 1.807) is 12.3 Å².